The van der Waals surface area contributed by atoms with Crippen LogP contribution in [-0.2, 0) is 9.53 Å². The lowest BCUT2D eigenvalue weighted by atomic mass is 10.0. The van der Waals surface area contributed by atoms with Gasteiger partial charge in [0.2, 0.25) is 0 Å². The van der Waals surface area contributed by atoms with E-state index in [-0.39, 0.29) is 0 Å². The molecule has 6 nitrogen and oxygen atoms in total. The largest absolute Gasteiger partial charge is 0.452 e. The molecule has 0 bridgehead atoms. The van der Waals surface area contributed by atoms with Crippen molar-refractivity contribution in [2.24, 2.45) is 0 Å². The van der Waals surface area contributed by atoms with E-state index >= 15 is 0 Å². The van der Waals surface area contributed by atoms with Gasteiger partial charge in [-0.1, -0.05) is 42.5 Å². The Labute approximate surface area is 133 Å². The van der Waals surface area contributed by atoms with Crippen molar-refractivity contribution in [1.29, 1.82) is 0 Å². The number of benzene rings is 2. The average Bonchev–Trinajstić information content (AvgIpc) is 2.60. The van der Waals surface area contributed by atoms with Crippen LogP contribution >= 0.6 is 0 Å². The molecule has 0 fully saturated rings. The summed E-state index contributed by atoms with van der Waals surface area (Å²) in [6.07, 6.45) is 0. The maximum absolute atomic E-state index is 11.8. The van der Waals surface area contributed by atoms with Crippen molar-refractivity contribution in [1.82, 2.24) is 10.6 Å². The van der Waals surface area contributed by atoms with Gasteiger partial charge in [-0.25, -0.2) is 9.59 Å². The van der Waals surface area contributed by atoms with Gasteiger partial charge in [0.25, 0.3) is 5.91 Å². The highest BCUT2D eigenvalue weighted by molar-refractivity contribution is 5.97. The number of nitrogens with one attached hydrogen (secondary N) is 2. The summed E-state index contributed by atoms with van der Waals surface area (Å²) in [4.78, 5) is 34.1. The number of carbonyl (C=O) groups excluding carboxylic acids is 3. The zero-order valence-electron chi connectivity index (χ0n) is 12.5. The van der Waals surface area contributed by atoms with Crippen molar-refractivity contribution in [3.63, 3.8) is 0 Å². The highest BCUT2D eigenvalue weighted by Gasteiger charge is 2.11. The maximum Gasteiger partial charge on any atom is 0.338 e. The Balaban J connectivity index is 1.93. The summed E-state index contributed by atoms with van der Waals surface area (Å²) in [6.45, 7) is -0.521. The maximum atomic E-state index is 11.8. The van der Waals surface area contributed by atoms with Crippen molar-refractivity contribution in [2.75, 3.05) is 13.7 Å². The van der Waals surface area contributed by atoms with E-state index in [1.165, 1.54) is 7.05 Å². The third kappa shape index (κ3) is 4.67. The SMILES string of the molecule is CNC(=O)NC(=O)COC(=O)c1ccc(-c2ccccc2)cc1. The molecule has 0 heterocycles. The van der Waals surface area contributed by atoms with Crippen molar-refractivity contribution < 1.29 is 19.1 Å². The first-order valence-corrected chi connectivity index (χ1v) is 6.94. The van der Waals surface area contributed by atoms with Gasteiger partial charge in [0.15, 0.2) is 6.61 Å². The quantitative estimate of drug-likeness (QED) is 0.845. The molecule has 0 aliphatic heterocycles. The lowest BCUT2D eigenvalue weighted by Gasteiger charge is -2.06. The van der Waals surface area contributed by atoms with E-state index < -0.39 is 24.5 Å². The van der Waals surface area contributed by atoms with Crippen molar-refractivity contribution in [3.8, 4) is 11.1 Å². The Kier molecular flexibility index (Phi) is 5.46. The number of amides is 3. The third-order valence-electron chi connectivity index (χ3n) is 3.04. The van der Waals surface area contributed by atoms with E-state index in [0.717, 1.165) is 11.1 Å². The molecule has 0 saturated carbocycles. The molecule has 2 N–H and O–H groups in total. The Morgan fingerprint density at radius 1 is 0.913 bits per heavy atom. The fourth-order valence-electron chi connectivity index (χ4n) is 1.87. The molecule has 0 spiro atoms. The molecule has 6 heteroatoms. The summed E-state index contributed by atoms with van der Waals surface area (Å²) < 4.78 is 4.85. The van der Waals surface area contributed by atoms with E-state index in [9.17, 15) is 14.4 Å². The van der Waals surface area contributed by atoms with Gasteiger partial charge in [-0.15, -0.1) is 0 Å². The zero-order valence-corrected chi connectivity index (χ0v) is 12.5. The van der Waals surface area contributed by atoms with E-state index in [0.29, 0.717) is 5.56 Å². The Morgan fingerprint density at radius 3 is 2.13 bits per heavy atom. The first-order chi connectivity index (χ1) is 11.1. The topological polar surface area (TPSA) is 84.5 Å². The molecular formula is C17H16N2O4. The molecule has 3 amide bonds. The van der Waals surface area contributed by atoms with Crippen LogP contribution in [0.1, 0.15) is 10.4 Å². The summed E-state index contributed by atoms with van der Waals surface area (Å²) in [6, 6.07) is 15.9. The van der Waals surface area contributed by atoms with Gasteiger partial charge in [0, 0.05) is 7.05 Å². The number of ether oxygens (including phenoxy) is 1. The number of esters is 1. The number of urea groups is 1. The zero-order chi connectivity index (χ0) is 16.7. The van der Waals surface area contributed by atoms with Crippen LogP contribution < -0.4 is 10.6 Å². The first-order valence-electron chi connectivity index (χ1n) is 6.94. The minimum atomic E-state index is -0.696. The van der Waals surface area contributed by atoms with Gasteiger partial charge in [-0.05, 0) is 23.3 Å². The van der Waals surface area contributed by atoms with E-state index in [1.54, 1.807) is 24.3 Å². The van der Waals surface area contributed by atoms with Crippen LogP contribution in [0.2, 0.25) is 0 Å². The van der Waals surface area contributed by atoms with Gasteiger partial charge < -0.3 is 10.1 Å². The fraction of sp³-hybridized carbons (Fsp3) is 0.118. The molecule has 0 aliphatic carbocycles. The summed E-state index contributed by atoms with van der Waals surface area (Å²) in [7, 11) is 1.38. The Hall–Kier alpha value is -3.15. The van der Waals surface area contributed by atoms with Gasteiger partial charge >= 0.3 is 12.0 Å². The second-order valence-corrected chi connectivity index (χ2v) is 4.65. The van der Waals surface area contributed by atoms with Gasteiger partial charge in [-0.3, -0.25) is 10.1 Å². The smallest absolute Gasteiger partial charge is 0.338 e. The molecular weight excluding hydrogens is 296 g/mol. The fourth-order valence-corrected chi connectivity index (χ4v) is 1.87. The van der Waals surface area contributed by atoms with Gasteiger partial charge in [0.05, 0.1) is 5.56 Å². The van der Waals surface area contributed by atoms with Crippen LogP contribution in [0.25, 0.3) is 11.1 Å². The monoisotopic (exact) mass is 312 g/mol. The molecule has 23 heavy (non-hydrogen) atoms. The minimum absolute atomic E-state index is 0.331. The number of imide groups is 1. The molecule has 0 aromatic heterocycles. The Morgan fingerprint density at radius 2 is 1.52 bits per heavy atom. The number of carbonyl (C=O) groups is 3. The predicted molar refractivity (Wildman–Crippen MR) is 84.8 cm³/mol. The molecule has 118 valence electrons. The van der Waals surface area contributed by atoms with Crippen LogP contribution in [0.3, 0.4) is 0 Å². The number of rotatable bonds is 4. The number of hydrogen-bond acceptors (Lipinski definition) is 4. The van der Waals surface area contributed by atoms with Crippen LogP contribution in [0.15, 0.2) is 54.6 Å². The summed E-state index contributed by atoms with van der Waals surface area (Å²) in [5.74, 6) is -1.32. The average molecular weight is 312 g/mol. The normalized spacial score (nSPS) is 9.78. The van der Waals surface area contributed by atoms with Gasteiger partial charge in [0.1, 0.15) is 0 Å². The van der Waals surface area contributed by atoms with E-state index in [1.807, 2.05) is 35.6 Å². The predicted octanol–water partition coefficient (Wildman–Crippen LogP) is 1.97. The van der Waals surface area contributed by atoms with Crippen LogP contribution in [0.4, 0.5) is 4.79 Å². The Bertz CT molecular complexity index is 696. The van der Waals surface area contributed by atoms with E-state index in [4.69, 9.17) is 4.74 Å². The first kappa shape index (κ1) is 16.2. The van der Waals surface area contributed by atoms with Crippen molar-refractivity contribution in [3.05, 3.63) is 60.2 Å². The molecule has 0 unspecified atom stereocenters. The second-order valence-electron chi connectivity index (χ2n) is 4.65. The second kappa shape index (κ2) is 7.74. The molecule has 0 aliphatic rings. The molecule has 0 saturated heterocycles. The number of hydrogen-bond donors (Lipinski definition) is 2. The third-order valence-corrected chi connectivity index (χ3v) is 3.04. The van der Waals surface area contributed by atoms with Crippen LogP contribution in [-0.4, -0.2) is 31.6 Å². The highest BCUT2D eigenvalue weighted by atomic mass is 16.5. The van der Waals surface area contributed by atoms with E-state index in [2.05, 4.69) is 5.32 Å². The summed E-state index contributed by atoms with van der Waals surface area (Å²) in [5.41, 5.74) is 2.34. The van der Waals surface area contributed by atoms with Crippen molar-refractivity contribution in [2.45, 2.75) is 0 Å². The minimum Gasteiger partial charge on any atom is -0.452 e. The van der Waals surface area contributed by atoms with Crippen LogP contribution in [0.5, 0.6) is 0 Å². The summed E-state index contributed by atoms with van der Waals surface area (Å²) >= 11 is 0. The molecule has 0 radical (unpaired) electrons. The van der Waals surface area contributed by atoms with Crippen molar-refractivity contribution >= 4 is 17.9 Å². The molecule has 2 aromatic carbocycles. The van der Waals surface area contributed by atoms with Gasteiger partial charge in [-0.2, -0.15) is 0 Å². The molecule has 2 rings (SSSR count). The molecule has 2 aromatic rings. The molecule has 0 atom stereocenters. The highest BCUT2D eigenvalue weighted by Crippen LogP contribution is 2.19. The lowest BCUT2D eigenvalue weighted by molar-refractivity contribution is -0.123. The lowest BCUT2D eigenvalue weighted by Crippen LogP contribution is -2.39. The standard InChI is InChI=1S/C17H16N2O4/c1-18-17(22)19-15(20)11-23-16(21)14-9-7-13(8-10-14)12-5-3-2-4-6-12/h2-10H,11H2,1H3,(H2,18,19,20,22). The summed E-state index contributed by atoms with van der Waals surface area (Å²) in [5, 5.41) is 4.23. The van der Waals surface area contributed by atoms with Crippen LogP contribution in [0, 0.1) is 0 Å².